The molecule has 0 saturated heterocycles. The Balaban J connectivity index is 2.03. The summed E-state index contributed by atoms with van der Waals surface area (Å²) in [5, 5.41) is 0. The number of aromatic nitrogens is 1. The van der Waals surface area contributed by atoms with E-state index in [2.05, 4.69) is 17.1 Å². The Morgan fingerprint density at radius 2 is 1.82 bits per heavy atom. The van der Waals surface area contributed by atoms with E-state index in [0.717, 1.165) is 12.3 Å². The quantitative estimate of drug-likeness (QED) is 0.606. The molecule has 0 aromatic carbocycles. The van der Waals surface area contributed by atoms with Crippen LogP contribution in [0.5, 0.6) is 0 Å². The predicted molar refractivity (Wildman–Crippen MR) is 89.8 cm³/mol. The number of hydrogen-bond donors (Lipinski definition) is 0. The summed E-state index contributed by atoms with van der Waals surface area (Å²) in [5.41, 5.74) is 1.19. The Morgan fingerprint density at radius 1 is 1.09 bits per heavy atom. The fourth-order valence-corrected chi connectivity index (χ4v) is 3.57. The van der Waals surface area contributed by atoms with E-state index in [4.69, 9.17) is 9.47 Å². The van der Waals surface area contributed by atoms with Crippen molar-refractivity contribution in [3.63, 3.8) is 0 Å². The summed E-state index contributed by atoms with van der Waals surface area (Å²) in [7, 11) is 0. The molecule has 1 atom stereocenters. The van der Waals surface area contributed by atoms with E-state index in [0.29, 0.717) is 19.1 Å². The van der Waals surface area contributed by atoms with Gasteiger partial charge in [0, 0.05) is 37.4 Å². The molecule has 1 unspecified atom stereocenters. The average molecular weight is 305 g/mol. The van der Waals surface area contributed by atoms with Crippen LogP contribution < -0.4 is 0 Å². The molecule has 3 nitrogen and oxygen atoms in total. The van der Waals surface area contributed by atoms with Gasteiger partial charge < -0.3 is 9.47 Å². The molecule has 0 N–H and O–H groups in total. The van der Waals surface area contributed by atoms with Gasteiger partial charge in [-0.05, 0) is 38.3 Å². The smallest absolute Gasteiger partial charge is 0.158 e. The summed E-state index contributed by atoms with van der Waals surface area (Å²) in [6, 6.07) is 6.23. The van der Waals surface area contributed by atoms with Gasteiger partial charge >= 0.3 is 0 Å². The number of hydrogen-bond acceptors (Lipinski definition) is 3. The summed E-state index contributed by atoms with van der Waals surface area (Å²) >= 11 is 0. The van der Waals surface area contributed by atoms with Crippen molar-refractivity contribution >= 4 is 0 Å². The van der Waals surface area contributed by atoms with Crippen molar-refractivity contribution in [3.05, 3.63) is 30.1 Å². The van der Waals surface area contributed by atoms with Crippen LogP contribution in [0.15, 0.2) is 24.4 Å². The van der Waals surface area contributed by atoms with Crippen LogP contribution in [-0.2, 0) is 9.47 Å². The summed E-state index contributed by atoms with van der Waals surface area (Å²) in [6.07, 6.45) is 10.9. The van der Waals surface area contributed by atoms with Crippen molar-refractivity contribution in [1.29, 1.82) is 0 Å². The molecule has 1 heterocycles. The van der Waals surface area contributed by atoms with Crippen molar-refractivity contribution < 1.29 is 9.47 Å². The number of pyridine rings is 1. The van der Waals surface area contributed by atoms with Gasteiger partial charge in [-0.15, -0.1) is 0 Å². The fraction of sp³-hybridized carbons (Fsp3) is 0.737. The Kier molecular flexibility index (Phi) is 7.89. The summed E-state index contributed by atoms with van der Waals surface area (Å²) in [5.74, 6) is 1.28. The van der Waals surface area contributed by atoms with Crippen LogP contribution in [0.3, 0.4) is 0 Å². The van der Waals surface area contributed by atoms with Gasteiger partial charge in [0.2, 0.25) is 0 Å². The third kappa shape index (κ3) is 5.69. The van der Waals surface area contributed by atoms with Gasteiger partial charge in [0.05, 0.1) is 0 Å². The molecule has 1 fully saturated rings. The molecular formula is C19H31NO2. The molecule has 1 aliphatic rings. The van der Waals surface area contributed by atoms with Gasteiger partial charge in [-0.1, -0.05) is 38.2 Å². The van der Waals surface area contributed by atoms with E-state index < -0.39 is 0 Å². The van der Waals surface area contributed by atoms with E-state index in [-0.39, 0.29) is 6.29 Å². The Morgan fingerprint density at radius 3 is 2.41 bits per heavy atom. The molecule has 1 saturated carbocycles. The molecule has 1 aromatic heterocycles. The monoisotopic (exact) mass is 305 g/mol. The van der Waals surface area contributed by atoms with Crippen molar-refractivity contribution in [3.8, 4) is 0 Å². The van der Waals surface area contributed by atoms with Crippen molar-refractivity contribution in [2.75, 3.05) is 13.2 Å². The van der Waals surface area contributed by atoms with Crippen LogP contribution in [0, 0.1) is 5.92 Å². The maximum atomic E-state index is 5.77. The van der Waals surface area contributed by atoms with Crippen molar-refractivity contribution in [1.82, 2.24) is 4.98 Å². The molecule has 1 aliphatic carbocycles. The van der Waals surface area contributed by atoms with E-state index in [1.807, 2.05) is 26.1 Å². The van der Waals surface area contributed by atoms with Crippen LogP contribution in [0.2, 0.25) is 0 Å². The van der Waals surface area contributed by atoms with Gasteiger partial charge in [-0.25, -0.2) is 0 Å². The van der Waals surface area contributed by atoms with Gasteiger partial charge in [-0.2, -0.15) is 0 Å². The van der Waals surface area contributed by atoms with Gasteiger partial charge in [0.1, 0.15) is 0 Å². The maximum Gasteiger partial charge on any atom is 0.158 e. The highest BCUT2D eigenvalue weighted by molar-refractivity contribution is 5.10. The van der Waals surface area contributed by atoms with Crippen molar-refractivity contribution in [2.45, 2.75) is 71.0 Å². The SMILES string of the molecule is CCOC(CC(CC1CCCCC1)c1ccccn1)OCC. The molecule has 0 bridgehead atoms. The Hall–Kier alpha value is -0.930. The second kappa shape index (κ2) is 9.96. The third-order valence-electron chi connectivity index (χ3n) is 4.63. The summed E-state index contributed by atoms with van der Waals surface area (Å²) in [6.45, 7) is 5.46. The first-order valence-electron chi connectivity index (χ1n) is 8.97. The maximum absolute atomic E-state index is 5.77. The van der Waals surface area contributed by atoms with Gasteiger partial charge in [0.15, 0.2) is 6.29 Å². The average Bonchev–Trinajstić information content (AvgIpc) is 2.56. The molecule has 2 rings (SSSR count). The van der Waals surface area contributed by atoms with Crippen LogP contribution in [0.1, 0.15) is 70.4 Å². The molecule has 0 spiro atoms. The highest BCUT2D eigenvalue weighted by atomic mass is 16.7. The molecule has 22 heavy (non-hydrogen) atoms. The first kappa shape index (κ1) is 17.4. The summed E-state index contributed by atoms with van der Waals surface area (Å²) < 4.78 is 11.5. The lowest BCUT2D eigenvalue weighted by molar-refractivity contribution is -0.143. The number of rotatable bonds is 9. The molecule has 0 aliphatic heterocycles. The highest BCUT2D eigenvalue weighted by Crippen LogP contribution is 2.35. The highest BCUT2D eigenvalue weighted by Gasteiger charge is 2.24. The van der Waals surface area contributed by atoms with Crippen LogP contribution in [0.4, 0.5) is 0 Å². The largest absolute Gasteiger partial charge is 0.353 e. The molecule has 124 valence electrons. The van der Waals surface area contributed by atoms with E-state index in [9.17, 15) is 0 Å². The van der Waals surface area contributed by atoms with Crippen LogP contribution >= 0.6 is 0 Å². The predicted octanol–water partition coefficient (Wildman–Crippen LogP) is 4.92. The first-order chi connectivity index (χ1) is 10.8. The minimum absolute atomic E-state index is 0.106. The van der Waals surface area contributed by atoms with Gasteiger partial charge in [0.25, 0.3) is 0 Å². The normalized spacial score (nSPS) is 17.8. The van der Waals surface area contributed by atoms with E-state index >= 15 is 0 Å². The van der Waals surface area contributed by atoms with E-state index in [1.54, 1.807) is 0 Å². The third-order valence-corrected chi connectivity index (χ3v) is 4.63. The lowest BCUT2D eigenvalue weighted by atomic mass is 9.80. The molecule has 1 aromatic rings. The fourth-order valence-electron chi connectivity index (χ4n) is 3.57. The molecular weight excluding hydrogens is 274 g/mol. The Labute approximate surface area is 135 Å². The standard InChI is InChI=1S/C19H31NO2/c1-3-21-19(22-4-2)15-17(18-12-8-9-13-20-18)14-16-10-6-5-7-11-16/h8-9,12-13,16-17,19H,3-7,10-11,14-15H2,1-2H3. The number of nitrogens with zero attached hydrogens (tertiary/aromatic N) is 1. The molecule has 0 amide bonds. The van der Waals surface area contributed by atoms with Crippen molar-refractivity contribution in [2.24, 2.45) is 5.92 Å². The molecule has 0 radical (unpaired) electrons. The lowest BCUT2D eigenvalue weighted by Crippen LogP contribution is -2.23. The van der Waals surface area contributed by atoms with Crippen LogP contribution in [-0.4, -0.2) is 24.5 Å². The first-order valence-corrected chi connectivity index (χ1v) is 8.97. The lowest BCUT2D eigenvalue weighted by Gasteiger charge is -2.28. The minimum atomic E-state index is -0.106. The molecule has 3 heteroatoms. The minimum Gasteiger partial charge on any atom is -0.353 e. The topological polar surface area (TPSA) is 31.4 Å². The zero-order valence-corrected chi connectivity index (χ0v) is 14.2. The summed E-state index contributed by atoms with van der Waals surface area (Å²) in [4.78, 5) is 4.61. The Bertz CT molecular complexity index is 384. The number of ether oxygens (including phenoxy) is 2. The zero-order chi connectivity index (χ0) is 15.6. The second-order valence-electron chi connectivity index (χ2n) is 6.27. The second-order valence-corrected chi connectivity index (χ2v) is 6.27. The van der Waals surface area contributed by atoms with E-state index in [1.165, 1.54) is 44.2 Å². The van der Waals surface area contributed by atoms with Crippen LogP contribution in [0.25, 0.3) is 0 Å². The zero-order valence-electron chi connectivity index (χ0n) is 14.2. The van der Waals surface area contributed by atoms with Gasteiger partial charge in [-0.3, -0.25) is 4.98 Å².